The van der Waals surface area contributed by atoms with Gasteiger partial charge in [-0.25, -0.2) is 8.78 Å². The van der Waals surface area contributed by atoms with Crippen LogP contribution in [0.15, 0.2) is 42.5 Å². The second-order valence-electron chi connectivity index (χ2n) is 6.15. The molecule has 1 N–H and O–H groups in total. The highest BCUT2D eigenvalue weighted by Gasteiger charge is 2.22. The smallest absolute Gasteiger partial charge is 0.159 e. The predicted molar refractivity (Wildman–Crippen MR) is 93.0 cm³/mol. The Morgan fingerprint density at radius 3 is 2.44 bits per heavy atom. The van der Waals surface area contributed by atoms with E-state index in [0.717, 1.165) is 49.7 Å². The molecule has 1 unspecified atom stereocenters. The van der Waals surface area contributed by atoms with Crippen LogP contribution >= 0.6 is 0 Å². The fraction of sp³-hybridized carbons (Fsp3) is 0.368. The van der Waals surface area contributed by atoms with Gasteiger partial charge >= 0.3 is 0 Å². The number of aliphatic hydroxyl groups excluding tert-OH is 1. The summed E-state index contributed by atoms with van der Waals surface area (Å²) in [6, 6.07) is 11.4. The molecule has 4 nitrogen and oxygen atoms in total. The number of ether oxygens (including phenoxy) is 1. The lowest BCUT2D eigenvalue weighted by Gasteiger charge is -2.37. The number of hydrogen-bond donors (Lipinski definition) is 1. The molecule has 0 radical (unpaired) electrons. The maximum atomic E-state index is 13.3. The van der Waals surface area contributed by atoms with Crippen LogP contribution in [0.2, 0.25) is 0 Å². The highest BCUT2D eigenvalue weighted by Crippen LogP contribution is 2.28. The van der Waals surface area contributed by atoms with Gasteiger partial charge < -0.3 is 14.7 Å². The maximum absolute atomic E-state index is 13.3. The van der Waals surface area contributed by atoms with E-state index in [0.29, 0.717) is 12.1 Å². The highest BCUT2D eigenvalue weighted by atomic mass is 19.2. The molecule has 0 aliphatic carbocycles. The van der Waals surface area contributed by atoms with Crippen LogP contribution in [-0.4, -0.2) is 49.8 Å². The van der Waals surface area contributed by atoms with Crippen LogP contribution in [0, 0.1) is 11.6 Å². The molecule has 3 rings (SSSR count). The van der Waals surface area contributed by atoms with E-state index in [9.17, 15) is 13.9 Å². The molecule has 2 aromatic rings. The quantitative estimate of drug-likeness (QED) is 0.901. The first-order chi connectivity index (χ1) is 12.1. The molecular formula is C19H22F2N2O2. The van der Waals surface area contributed by atoms with Crippen LogP contribution in [-0.2, 0) is 0 Å². The molecule has 0 amide bonds. The number of benzene rings is 2. The minimum atomic E-state index is -0.933. The van der Waals surface area contributed by atoms with Crippen molar-refractivity contribution in [1.82, 2.24) is 4.90 Å². The molecular weight excluding hydrogens is 326 g/mol. The predicted octanol–water partition coefficient (Wildman–Crippen LogP) is 2.83. The third-order valence-electron chi connectivity index (χ3n) is 4.56. The summed E-state index contributed by atoms with van der Waals surface area (Å²) in [5.41, 5.74) is 1.46. The number of β-amino-alcohol motifs (C(OH)–C–C–N with tert-alkyl or cyclic N) is 1. The normalized spacial score (nSPS) is 16.7. The fourth-order valence-electron chi connectivity index (χ4n) is 3.13. The van der Waals surface area contributed by atoms with Crippen LogP contribution in [0.25, 0.3) is 0 Å². The van der Waals surface area contributed by atoms with E-state index in [1.807, 2.05) is 24.3 Å². The lowest BCUT2D eigenvalue weighted by Crippen LogP contribution is -2.47. The Labute approximate surface area is 146 Å². The largest absolute Gasteiger partial charge is 0.495 e. The lowest BCUT2D eigenvalue weighted by atomic mass is 10.1. The first kappa shape index (κ1) is 17.6. The zero-order valence-corrected chi connectivity index (χ0v) is 14.2. The Hall–Kier alpha value is -2.18. The minimum Gasteiger partial charge on any atom is -0.495 e. The number of rotatable bonds is 5. The molecule has 1 aliphatic heterocycles. The number of para-hydroxylation sites is 2. The molecule has 25 heavy (non-hydrogen) atoms. The number of nitrogens with zero attached hydrogens (tertiary/aromatic N) is 2. The molecule has 0 spiro atoms. The monoisotopic (exact) mass is 348 g/mol. The molecule has 1 heterocycles. The average molecular weight is 348 g/mol. The Balaban J connectivity index is 1.58. The van der Waals surface area contributed by atoms with Crippen molar-refractivity contribution in [3.05, 3.63) is 59.7 Å². The van der Waals surface area contributed by atoms with Crippen LogP contribution in [0.5, 0.6) is 5.75 Å². The van der Waals surface area contributed by atoms with Gasteiger partial charge in [-0.2, -0.15) is 0 Å². The second kappa shape index (κ2) is 7.80. The molecule has 0 bridgehead atoms. The molecule has 134 valence electrons. The molecule has 1 fully saturated rings. The third kappa shape index (κ3) is 4.08. The van der Waals surface area contributed by atoms with Gasteiger partial charge in [-0.15, -0.1) is 0 Å². The maximum Gasteiger partial charge on any atom is 0.159 e. The van der Waals surface area contributed by atoms with Crippen molar-refractivity contribution in [3.8, 4) is 5.75 Å². The van der Waals surface area contributed by atoms with Crippen molar-refractivity contribution in [2.45, 2.75) is 6.10 Å². The molecule has 6 heteroatoms. The van der Waals surface area contributed by atoms with Gasteiger partial charge in [-0.05, 0) is 29.8 Å². The zero-order valence-electron chi connectivity index (χ0n) is 14.2. The van der Waals surface area contributed by atoms with Crippen molar-refractivity contribution in [3.63, 3.8) is 0 Å². The Bertz CT molecular complexity index is 718. The summed E-state index contributed by atoms with van der Waals surface area (Å²) in [4.78, 5) is 4.37. The van der Waals surface area contributed by atoms with E-state index < -0.39 is 17.7 Å². The van der Waals surface area contributed by atoms with Crippen molar-refractivity contribution in [2.24, 2.45) is 0 Å². The summed E-state index contributed by atoms with van der Waals surface area (Å²) in [5.74, 6) is -0.989. The van der Waals surface area contributed by atoms with Crippen molar-refractivity contribution in [2.75, 3.05) is 44.7 Å². The molecule has 0 saturated carbocycles. The molecule has 1 atom stereocenters. The number of hydrogen-bond acceptors (Lipinski definition) is 4. The summed E-state index contributed by atoms with van der Waals surface area (Å²) in [5, 5.41) is 10.3. The van der Waals surface area contributed by atoms with E-state index >= 15 is 0 Å². The summed E-state index contributed by atoms with van der Waals surface area (Å²) >= 11 is 0. The Morgan fingerprint density at radius 1 is 1.04 bits per heavy atom. The number of piperazine rings is 1. The summed E-state index contributed by atoms with van der Waals surface area (Å²) in [6.07, 6.45) is -0.840. The van der Waals surface area contributed by atoms with Gasteiger partial charge in [0.1, 0.15) is 5.75 Å². The van der Waals surface area contributed by atoms with E-state index in [1.165, 1.54) is 6.07 Å². The molecule has 0 aromatic heterocycles. The van der Waals surface area contributed by atoms with Gasteiger partial charge in [0.15, 0.2) is 11.6 Å². The SMILES string of the molecule is COc1ccccc1N1CCN(CC(O)c2ccc(F)c(F)c2)CC1. The number of aliphatic hydroxyl groups is 1. The molecule has 2 aromatic carbocycles. The summed E-state index contributed by atoms with van der Waals surface area (Å²) < 4.78 is 31.7. The first-order valence-electron chi connectivity index (χ1n) is 8.32. The molecule has 1 aliphatic rings. The first-order valence-corrected chi connectivity index (χ1v) is 8.32. The van der Waals surface area contributed by atoms with Gasteiger partial charge in [-0.3, -0.25) is 4.90 Å². The summed E-state index contributed by atoms with van der Waals surface area (Å²) in [7, 11) is 1.66. The third-order valence-corrected chi connectivity index (χ3v) is 4.56. The van der Waals surface area contributed by atoms with E-state index in [2.05, 4.69) is 9.80 Å². The van der Waals surface area contributed by atoms with Gasteiger partial charge in [0.25, 0.3) is 0 Å². The minimum absolute atomic E-state index is 0.394. The topological polar surface area (TPSA) is 35.9 Å². The van der Waals surface area contributed by atoms with Gasteiger partial charge in [-0.1, -0.05) is 18.2 Å². The zero-order chi connectivity index (χ0) is 17.8. The van der Waals surface area contributed by atoms with Gasteiger partial charge in [0.2, 0.25) is 0 Å². The van der Waals surface area contributed by atoms with Crippen LogP contribution in [0.1, 0.15) is 11.7 Å². The van der Waals surface area contributed by atoms with Gasteiger partial charge in [0, 0.05) is 32.7 Å². The highest BCUT2D eigenvalue weighted by molar-refractivity contribution is 5.58. The number of anilines is 1. The van der Waals surface area contributed by atoms with Crippen LogP contribution in [0.4, 0.5) is 14.5 Å². The van der Waals surface area contributed by atoms with Crippen molar-refractivity contribution >= 4 is 5.69 Å². The number of methoxy groups -OCH3 is 1. The van der Waals surface area contributed by atoms with Gasteiger partial charge in [0.05, 0.1) is 18.9 Å². The Kier molecular flexibility index (Phi) is 5.50. The number of halogens is 2. The van der Waals surface area contributed by atoms with E-state index in [1.54, 1.807) is 7.11 Å². The van der Waals surface area contributed by atoms with E-state index in [-0.39, 0.29) is 0 Å². The van der Waals surface area contributed by atoms with Crippen LogP contribution < -0.4 is 9.64 Å². The summed E-state index contributed by atoms with van der Waals surface area (Å²) in [6.45, 7) is 3.57. The van der Waals surface area contributed by atoms with Crippen LogP contribution in [0.3, 0.4) is 0 Å². The van der Waals surface area contributed by atoms with Crippen molar-refractivity contribution in [1.29, 1.82) is 0 Å². The fourth-order valence-corrected chi connectivity index (χ4v) is 3.13. The lowest BCUT2D eigenvalue weighted by molar-refractivity contribution is 0.109. The average Bonchev–Trinajstić information content (AvgIpc) is 2.64. The van der Waals surface area contributed by atoms with Crippen molar-refractivity contribution < 1.29 is 18.6 Å². The Morgan fingerprint density at radius 2 is 1.76 bits per heavy atom. The van der Waals surface area contributed by atoms with E-state index in [4.69, 9.17) is 4.74 Å². The second-order valence-corrected chi connectivity index (χ2v) is 6.15. The molecule has 1 saturated heterocycles. The standard InChI is InChI=1S/C19H22F2N2O2/c1-25-19-5-3-2-4-17(19)23-10-8-22(9-11-23)13-18(24)14-6-7-15(20)16(21)12-14/h2-7,12,18,24H,8-11,13H2,1H3.